The van der Waals surface area contributed by atoms with Crippen molar-refractivity contribution in [3.8, 4) is 0 Å². The van der Waals surface area contributed by atoms with Crippen molar-refractivity contribution < 1.29 is 18.7 Å². The lowest BCUT2D eigenvalue weighted by atomic mass is 9.99. The molecule has 0 aliphatic carbocycles. The smallest absolute Gasteiger partial charge is 0.303 e. The third kappa shape index (κ3) is 3.58. The molecule has 0 saturated heterocycles. The maximum absolute atomic E-state index is 13.5. The van der Waals surface area contributed by atoms with Gasteiger partial charge in [-0.25, -0.2) is 8.78 Å². The summed E-state index contributed by atoms with van der Waals surface area (Å²) >= 11 is 0.993. The van der Waals surface area contributed by atoms with Crippen LogP contribution in [0.5, 0.6) is 0 Å². The van der Waals surface area contributed by atoms with Gasteiger partial charge in [0.1, 0.15) is 0 Å². The fraction of sp³-hybridized carbons (Fsp3) is 0.500. The lowest BCUT2D eigenvalue weighted by Crippen LogP contribution is -2.17. The SMILES string of the molecule is CC(CC(=O)O)CC(F)(F)c1cccs1. The molecule has 15 heavy (non-hydrogen) atoms. The number of halogens is 2. The fourth-order valence-electron chi connectivity index (χ4n) is 1.40. The standard InChI is InChI=1S/C10H12F2O2S/c1-7(5-9(13)14)6-10(11,12)8-3-2-4-15-8/h2-4,7H,5-6H2,1H3,(H,13,14). The molecular weight excluding hydrogens is 222 g/mol. The van der Waals surface area contributed by atoms with Crippen molar-refractivity contribution in [1.29, 1.82) is 0 Å². The van der Waals surface area contributed by atoms with E-state index in [-0.39, 0.29) is 11.3 Å². The summed E-state index contributed by atoms with van der Waals surface area (Å²) in [5.74, 6) is -4.48. The molecule has 0 spiro atoms. The van der Waals surface area contributed by atoms with Gasteiger partial charge >= 0.3 is 5.97 Å². The maximum atomic E-state index is 13.5. The molecule has 84 valence electrons. The first-order valence-electron chi connectivity index (χ1n) is 4.55. The van der Waals surface area contributed by atoms with Crippen LogP contribution in [0.25, 0.3) is 0 Å². The van der Waals surface area contributed by atoms with E-state index in [0.717, 1.165) is 11.3 Å². The Hall–Kier alpha value is -0.970. The predicted octanol–water partition coefficient (Wildman–Crippen LogP) is 3.34. The van der Waals surface area contributed by atoms with E-state index in [9.17, 15) is 13.6 Å². The van der Waals surface area contributed by atoms with Crippen LogP contribution in [0.2, 0.25) is 0 Å². The van der Waals surface area contributed by atoms with Crippen molar-refractivity contribution in [2.45, 2.75) is 25.7 Å². The monoisotopic (exact) mass is 234 g/mol. The highest BCUT2D eigenvalue weighted by molar-refractivity contribution is 7.10. The number of carboxylic acid groups (broad SMARTS) is 1. The molecule has 1 unspecified atom stereocenters. The van der Waals surface area contributed by atoms with Crippen LogP contribution in [0.1, 0.15) is 24.6 Å². The third-order valence-electron chi connectivity index (χ3n) is 2.01. The highest BCUT2D eigenvalue weighted by Gasteiger charge is 2.34. The molecule has 1 N–H and O–H groups in total. The molecule has 1 aromatic rings. The van der Waals surface area contributed by atoms with Crippen molar-refractivity contribution in [2.75, 3.05) is 0 Å². The first kappa shape index (κ1) is 12.1. The van der Waals surface area contributed by atoms with Crippen LogP contribution < -0.4 is 0 Å². The molecule has 1 atom stereocenters. The van der Waals surface area contributed by atoms with E-state index in [0.29, 0.717) is 0 Å². The summed E-state index contributed by atoms with van der Waals surface area (Å²) in [6, 6.07) is 2.94. The molecule has 5 heteroatoms. The van der Waals surface area contributed by atoms with Gasteiger partial charge in [0.25, 0.3) is 5.92 Å². The van der Waals surface area contributed by atoms with E-state index in [1.165, 1.54) is 13.0 Å². The molecule has 0 bridgehead atoms. The summed E-state index contributed by atoms with van der Waals surface area (Å²) in [5.41, 5.74) is 0. The summed E-state index contributed by atoms with van der Waals surface area (Å²) in [6.07, 6.45) is -0.638. The molecule has 0 amide bonds. The molecule has 0 saturated carbocycles. The zero-order chi connectivity index (χ0) is 11.5. The molecule has 0 aliphatic rings. The van der Waals surface area contributed by atoms with Gasteiger partial charge < -0.3 is 5.11 Å². The van der Waals surface area contributed by atoms with Gasteiger partial charge in [-0.2, -0.15) is 0 Å². The van der Waals surface area contributed by atoms with Crippen LogP contribution in [0.15, 0.2) is 17.5 Å². The maximum Gasteiger partial charge on any atom is 0.303 e. The van der Waals surface area contributed by atoms with Crippen molar-refractivity contribution in [1.82, 2.24) is 0 Å². The van der Waals surface area contributed by atoms with Crippen LogP contribution in [0.3, 0.4) is 0 Å². The number of carbonyl (C=O) groups is 1. The Bertz CT molecular complexity index is 322. The van der Waals surface area contributed by atoms with Crippen molar-refractivity contribution in [2.24, 2.45) is 5.92 Å². The van der Waals surface area contributed by atoms with Crippen LogP contribution in [0.4, 0.5) is 8.78 Å². The summed E-state index contributed by atoms with van der Waals surface area (Å²) in [5, 5.41) is 10.1. The number of carboxylic acids is 1. The number of thiophene rings is 1. The number of hydrogen-bond donors (Lipinski definition) is 1. The summed E-state index contributed by atoms with van der Waals surface area (Å²) in [6.45, 7) is 1.52. The summed E-state index contributed by atoms with van der Waals surface area (Å²) in [4.78, 5) is 10.3. The number of alkyl halides is 2. The first-order chi connectivity index (χ1) is 6.92. The Labute approximate surface area is 90.5 Å². The Kier molecular flexibility index (Phi) is 3.79. The second kappa shape index (κ2) is 4.70. The molecule has 1 aromatic heterocycles. The Balaban J connectivity index is 2.60. The topological polar surface area (TPSA) is 37.3 Å². The number of aliphatic carboxylic acids is 1. The van der Waals surface area contributed by atoms with Gasteiger partial charge in [0.05, 0.1) is 4.88 Å². The normalized spacial score (nSPS) is 13.8. The average molecular weight is 234 g/mol. The average Bonchev–Trinajstić information content (AvgIpc) is 2.51. The molecule has 1 heterocycles. The van der Waals surface area contributed by atoms with E-state index in [1.54, 1.807) is 11.4 Å². The van der Waals surface area contributed by atoms with Crippen LogP contribution in [-0.2, 0) is 10.7 Å². The quantitative estimate of drug-likeness (QED) is 0.848. The van der Waals surface area contributed by atoms with E-state index in [4.69, 9.17) is 5.11 Å². The lowest BCUT2D eigenvalue weighted by molar-refractivity contribution is -0.138. The van der Waals surface area contributed by atoms with Gasteiger partial charge in [0.2, 0.25) is 0 Å². The van der Waals surface area contributed by atoms with Crippen molar-refractivity contribution in [3.05, 3.63) is 22.4 Å². The second-order valence-electron chi connectivity index (χ2n) is 3.59. The fourth-order valence-corrected chi connectivity index (χ4v) is 2.11. The van der Waals surface area contributed by atoms with Gasteiger partial charge in [-0.15, -0.1) is 11.3 Å². The summed E-state index contributed by atoms with van der Waals surface area (Å²) in [7, 11) is 0. The second-order valence-corrected chi connectivity index (χ2v) is 4.54. The van der Waals surface area contributed by atoms with Gasteiger partial charge in [-0.1, -0.05) is 13.0 Å². The minimum atomic E-state index is -2.91. The Morgan fingerprint density at radius 1 is 1.67 bits per heavy atom. The van der Waals surface area contributed by atoms with Crippen molar-refractivity contribution in [3.63, 3.8) is 0 Å². The van der Waals surface area contributed by atoms with Gasteiger partial charge in [0, 0.05) is 12.8 Å². The zero-order valence-corrected chi connectivity index (χ0v) is 9.06. The molecule has 1 rings (SSSR count). The largest absolute Gasteiger partial charge is 0.481 e. The molecule has 0 fully saturated rings. The Morgan fingerprint density at radius 3 is 2.80 bits per heavy atom. The van der Waals surface area contributed by atoms with Crippen LogP contribution in [-0.4, -0.2) is 11.1 Å². The molecule has 0 aliphatic heterocycles. The van der Waals surface area contributed by atoms with Crippen LogP contribution in [0, 0.1) is 5.92 Å². The molecule has 0 radical (unpaired) electrons. The van der Waals surface area contributed by atoms with E-state index in [1.807, 2.05) is 0 Å². The molecular formula is C10H12F2O2S. The lowest BCUT2D eigenvalue weighted by Gasteiger charge is -2.18. The summed E-state index contributed by atoms with van der Waals surface area (Å²) < 4.78 is 27.0. The van der Waals surface area contributed by atoms with E-state index < -0.39 is 24.2 Å². The predicted molar refractivity (Wildman–Crippen MR) is 54.2 cm³/mol. The van der Waals surface area contributed by atoms with E-state index in [2.05, 4.69) is 0 Å². The van der Waals surface area contributed by atoms with Gasteiger partial charge in [-0.05, 0) is 17.4 Å². The molecule has 2 nitrogen and oxygen atoms in total. The Morgan fingerprint density at radius 2 is 2.33 bits per heavy atom. The van der Waals surface area contributed by atoms with Gasteiger partial charge in [0.15, 0.2) is 0 Å². The number of rotatable bonds is 5. The highest BCUT2D eigenvalue weighted by atomic mass is 32.1. The minimum absolute atomic E-state index is 0.000242. The minimum Gasteiger partial charge on any atom is -0.481 e. The number of hydrogen-bond acceptors (Lipinski definition) is 2. The highest BCUT2D eigenvalue weighted by Crippen LogP contribution is 2.37. The van der Waals surface area contributed by atoms with Crippen LogP contribution >= 0.6 is 11.3 Å². The van der Waals surface area contributed by atoms with E-state index >= 15 is 0 Å². The van der Waals surface area contributed by atoms with Gasteiger partial charge in [-0.3, -0.25) is 4.79 Å². The third-order valence-corrected chi connectivity index (χ3v) is 2.99. The molecule has 0 aromatic carbocycles. The zero-order valence-electron chi connectivity index (χ0n) is 8.24. The van der Waals surface area contributed by atoms with Crippen molar-refractivity contribution >= 4 is 17.3 Å². The first-order valence-corrected chi connectivity index (χ1v) is 5.43.